The Morgan fingerprint density at radius 1 is 0.934 bits per heavy atom. The third-order valence-electron chi connectivity index (χ3n) is 13.5. The van der Waals surface area contributed by atoms with Crippen LogP contribution in [0.4, 0.5) is 11.6 Å². The first-order chi connectivity index (χ1) is 29.0. The SMILES string of the molecule is C[C@H]1CC(CN2CCN(c3ccc4c(c3)C(=O)N(C3CCC(=O)NC3=O)C4=O)CC2)C[C@H](C)N1c1ncc(C(=O)NC2C(C)(C)C(Oc3ccc(C#N)c(Cl)c3)C2(C)C)cn1. The molecule has 3 atom stereocenters. The van der Waals surface area contributed by atoms with Crippen molar-refractivity contribution in [2.24, 2.45) is 16.7 Å². The monoisotopic (exact) mass is 849 g/mol. The van der Waals surface area contributed by atoms with E-state index < -0.39 is 40.5 Å². The van der Waals surface area contributed by atoms with Crippen LogP contribution in [0, 0.1) is 28.1 Å². The molecule has 15 nitrogen and oxygen atoms in total. The summed E-state index contributed by atoms with van der Waals surface area (Å²) in [6.07, 6.45) is 5.16. The van der Waals surface area contributed by atoms with Gasteiger partial charge in [0.05, 0.1) is 27.3 Å². The number of hydrogen-bond donors (Lipinski definition) is 2. The highest BCUT2D eigenvalue weighted by Gasteiger charge is 2.64. The fourth-order valence-corrected chi connectivity index (χ4v) is 11.1. The van der Waals surface area contributed by atoms with Gasteiger partial charge >= 0.3 is 0 Å². The zero-order valence-corrected chi connectivity index (χ0v) is 36.2. The maximum absolute atomic E-state index is 13.6. The normalized spacial score (nSPS) is 27.2. The van der Waals surface area contributed by atoms with Gasteiger partial charge in [-0.1, -0.05) is 39.3 Å². The number of fused-ring (bicyclic) bond motifs is 1. The third kappa shape index (κ3) is 7.69. The van der Waals surface area contributed by atoms with Crippen LogP contribution >= 0.6 is 11.6 Å². The number of carbonyl (C=O) groups excluding carboxylic acids is 5. The van der Waals surface area contributed by atoms with E-state index in [0.29, 0.717) is 39.3 Å². The molecule has 5 amide bonds. The van der Waals surface area contributed by atoms with Gasteiger partial charge in [-0.05, 0) is 69.4 Å². The number of benzene rings is 2. The van der Waals surface area contributed by atoms with Gasteiger partial charge in [0.1, 0.15) is 24.0 Å². The molecule has 4 fully saturated rings. The summed E-state index contributed by atoms with van der Waals surface area (Å²) in [5, 5.41) is 15.0. The zero-order chi connectivity index (χ0) is 43.5. The van der Waals surface area contributed by atoms with Crippen LogP contribution in [-0.4, -0.2) is 112 Å². The summed E-state index contributed by atoms with van der Waals surface area (Å²) >= 11 is 6.26. The number of amides is 5. The molecule has 1 unspecified atom stereocenters. The van der Waals surface area contributed by atoms with E-state index in [1.54, 1.807) is 42.7 Å². The molecule has 1 aliphatic carbocycles. The Morgan fingerprint density at radius 3 is 2.21 bits per heavy atom. The van der Waals surface area contributed by atoms with E-state index in [4.69, 9.17) is 16.3 Å². The number of halogens is 1. The van der Waals surface area contributed by atoms with Crippen molar-refractivity contribution >= 4 is 52.8 Å². The van der Waals surface area contributed by atoms with Crippen LogP contribution in [0.3, 0.4) is 0 Å². The smallest absolute Gasteiger partial charge is 0.262 e. The van der Waals surface area contributed by atoms with Crippen LogP contribution in [0.5, 0.6) is 5.75 Å². The number of nitrogens with zero attached hydrogens (tertiary/aromatic N) is 7. The molecule has 5 aliphatic rings. The first-order valence-electron chi connectivity index (χ1n) is 21.1. The van der Waals surface area contributed by atoms with Gasteiger partial charge in [-0.15, -0.1) is 0 Å². The van der Waals surface area contributed by atoms with Gasteiger partial charge in [-0.25, -0.2) is 9.97 Å². The molecule has 61 heavy (non-hydrogen) atoms. The Bertz CT molecular complexity index is 2290. The summed E-state index contributed by atoms with van der Waals surface area (Å²) < 4.78 is 6.38. The minimum Gasteiger partial charge on any atom is -0.489 e. The Kier molecular flexibility index (Phi) is 11.1. The van der Waals surface area contributed by atoms with Gasteiger partial charge in [0.2, 0.25) is 17.8 Å². The summed E-state index contributed by atoms with van der Waals surface area (Å²) in [5.41, 5.74) is 1.41. The van der Waals surface area contributed by atoms with E-state index in [1.807, 2.05) is 6.07 Å². The zero-order valence-electron chi connectivity index (χ0n) is 35.4. The fourth-order valence-electron chi connectivity index (χ4n) is 10.9. The molecular weight excluding hydrogens is 798 g/mol. The third-order valence-corrected chi connectivity index (χ3v) is 13.8. The largest absolute Gasteiger partial charge is 0.489 e. The minimum absolute atomic E-state index is 0.0825. The quantitative estimate of drug-likeness (QED) is 0.281. The highest BCUT2D eigenvalue weighted by molar-refractivity contribution is 6.31. The highest BCUT2D eigenvalue weighted by atomic mass is 35.5. The van der Waals surface area contributed by atoms with E-state index in [-0.39, 0.29) is 48.5 Å². The number of piperazine rings is 1. The number of piperidine rings is 2. The molecule has 5 heterocycles. The predicted molar refractivity (Wildman–Crippen MR) is 227 cm³/mol. The molecule has 2 aromatic carbocycles. The minimum atomic E-state index is -0.986. The molecule has 1 saturated carbocycles. The number of aromatic nitrogens is 2. The Labute approximate surface area is 360 Å². The summed E-state index contributed by atoms with van der Waals surface area (Å²) in [6, 6.07) is 11.6. The van der Waals surface area contributed by atoms with Gasteiger partial charge in [0.15, 0.2) is 0 Å². The van der Waals surface area contributed by atoms with Crippen molar-refractivity contribution in [3.8, 4) is 11.8 Å². The van der Waals surface area contributed by atoms with E-state index in [9.17, 15) is 29.2 Å². The van der Waals surface area contributed by atoms with Crippen molar-refractivity contribution in [2.75, 3.05) is 42.5 Å². The molecule has 16 heteroatoms. The van der Waals surface area contributed by atoms with Crippen LogP contribution in [-0.2, 0) is 9.59 Å². The maximum atomic E-state index is 13.6. The van der Waals surface area contributed by atoms with E-state index >= 15 is 0 Å². The first-order valence-corrected chi connectivity index (χ1v) is 21.5. The van der Waals surface area contributed by atoms with Crippen LogP contribution in [0.15, 0.2) is 48.8 Å². The van der Waals surface area contributed by atoms with Gasteiger partial charge in [0, 0.05) is 92.2 Å². The molecule has 0 radical (unpaired) electrons. The molecule has 0 bridgehead atoms. The van der Waals surface area contributed by atoms with Crippen LogP contribution in [0.2, 0.25) is 5.02 Å². The summed E-state index contributed by atoms with van der Waals surface area (Å²) in [6.45, 7) is 16.9. The van der Waals surface area contributed by atoms with Crippen molar-refractivity contribution in [1.82, 2.24) is 30.4 Å². The van der Waals surface area contributed by atoms with Crippen LogP contribution < -0.4 is 25.2 Å². The van der Waals surface area contributed by atoms with Gasteiger partial charge < -0.3 is 19.9 Å². The number of nitrogens with one attached hydrogen (secondary N) is 2. The lowest BCUT2D eigenvalue weighted by atomic mass is 9.49. The van der Waals surface area contributed by atoms with Crippen molar-refractivity contribution in [3.63, 3.8) is 0 Å². The van der Waals surface area contributed by atoms with E-state index in [1.165, 1.54) is 0 Å². The molecule has 0 spiro atoms. The first kappa shape index (κ1) is 42.1. The van der Waals surface area contributed by atoms with Gasteiger partial charge in [0.25, 0.3) is 17.7 Å². The molecule has 4 aliphatic heterocycles. The average molecular weight is 850 g/mol. The Balaban J connectivity index is 0.822. The maximum Gasteiger partial charge on any atom is 0.262 e. The molecule has 320 valence electrons. The van der Waals surface area contributed by atoms with E-state index in [0.717, 1.165) is 56.2 Å². The number of hydrogen-bond acceptors (Lipinski definition) is 12. The van der Waals surface area contributed by atoms with Crippen LogP contribution in [0.25, 0.3) is 0 Å². The lowest BCUT2D eigenvalue weighted by molar-refractivity contribution is -0.164. The molecule has 3 aromatic rings. The standard InChI is InChI=1S/C45H52ClN9O6/c1-25-17-27(24-52-13-15-53(16-14-52)30-8-10-32-33(19-30)40(60)55(39(32)59)35-11-12-36(56)50-38(35)58)18-26(2)54(25)43-48-22-29(23-49-43)37(57)51-41-44(3,4)42(45(41,5)6)61-31-9-7-28(21-47)34(46)20-31/h7-10,19-20,22-23,25-27,35,41-42H,11-18,24H2,1-6H3,(H,51,57)(H,50,56,58)/t25-,26-,35?,41?,42?/m0/s1. The van der Waals surface area contributed by atoms with Crippen molar-refractivity contribution in [2.45, 2.75) is 97.5 Å². The molecule has 3 saturated heterocycles. The molecule has 8 rings (SSSR count). The Hall–Kier alpha value is -5.59. The lowest BCUT2D eigenvalue weighted by Gasteiger charge is -2.63. The number of nitriles is 1. The van der Waals surface area contributed by atoms with Gasteiger partial charge in [-0.2, -0.15) is 5.26 Å². The number of ether oxygens (including phenoxy) is 1. The lowest BCUT2D eigenvalue weighted by Crippen LogP contribution is -2.74. The second kappa shape index (κ2) is 16.0. The fraction of sp³-hybridized carbons (Fsp3) is 0.511. The summed E-state index contributed by atoms with van der Waals surface area (Å²) in [5.74, 6) is -0.588. The molecule has 1 aromatic heterocycles. The predicted octanol–water partition coefficient (Wildman–Crippen LogP) is 4.83. The summed E-state index contributed by atoms with van der Waals surface area (Å²) in [7, 11) is 0. The molecule has 2 N–H and O–H groups in total. The van der Waals surface area contributed by atoms with Crippen LogP contribution in [0.1, 0.15) is 104 Å². The van der Waals surface area contributed by atoms with Crippen molar-refractivity contribution in [3.05, 3.63) is 76.1 Å². The second-order valence-corrected chi connectivity index (χ2v) is 18.9. The average Bonchev–Trinajstić information content (AvgIpc) is 3.46. The van der Waals surface area contributed by atoms with Crippen molar-refractivity contribution in [1.29, 1.82) is 5.26 Å². The van der Waals surface area contributed by atoms with E-state index in [2.05, 4.69) is 82.9 Å². The number of rotatable bonds is 9. The topological polar surface area (TPSA) is 181 Å². The number of carbonyl (C=O) groups is 5. The number of anilines is 2. The van der Waals surface area contributed by atoms with Gasteiger partial charge in [-0.3, -0.25) is 39.1 Å². The number of imide groups is 2. The highest BCUT2D eigenvalue weighted by Crippen LogP contribution is 2.55. The Morgan fingerprint density at radius 2 is 1.59 bits per heavy atom. The summed E-state index contributed by atoms with van der Waals surface area (Å²) in [4.78, 5) is 81.6. The van der Waals surface area contributed by atoms with Crippen molar-refractivity contribution < 1.29 is 28.7 Å². The molecular formula is C45H52ClN9O6. The second-order valence-electron chi connectivity index (χ2n) is 18.5.